The van der Waals surface area contributed by atoms with Crippen molar-refractivity contribution in [3.63, 3.8) is 0 Å². The van der Waals surface area contributed by atoms with E-state index in [4.69, 9.17) is 18.8 Å². The molecule has 0 aromatic heterocycles. The van der Waals surface area contributed by atoms with E-state index in [1.165, 1.54) is 0 Å². The van der Waals surface area contributed by atoms with Crippen LogP contribution in [0.25, 0.3) is 0 Å². The summed E-state index contributed by atoms with van der Waals surface area (Å²) in [4.78, 5) is 17.4. The van der Waals surface area contributed by atoms with Crippen molar-refractivity contribution >= 4 is 19.3 Å². The van der Waals surface area contributed by atoms with Crippen LogP contribution in [0.15, 0.2) is 65.7 Å². The van der Waals surface area contributed by atoms with Crippen molar-refractivity contribution in [2.45, 2.75) is 33.2 Å². The van der Waals surface area contributed by atoms with Crippen LogP contribution in [-0.2, 0) is 23.1 Å². The summed E-state index contributed by atoms with van der Waals surface area (Å²) in [5.74, 6) is -0.457. The van der Waals surface area contributed by atoms with E-state index in [0.29, 0.717) is 5.71 Å². The van der Waals surface area contributed by atoms with Crippen molar-refractivity contribution in [3.8, 4) is 0 Å². The van der Waals surface area contributed by atoms with Gasteiger partial charge in [-0.1, -0.05) is 60.7 Å². The smallest absolute Gasteiger partial charge is 0.330 e. The summed E-state index contributed by atoms with van der Waals surface area (Å²) in [6.45, 7) is 6.05. The Morgan fingerprint density at radius 3 is 1.80 bits per heavy atom. The molecule has 2 rings (SSSR count). The molecule has 7 heteroatoms. The van der Waals surface area contributed by atoms with Crippen molar-refractivity contribution in [1.82, 2.24) is 0 Å². The highest BCUT2D eigenvalue weighted by molar-refractivity contribution is 7.53. The van der Waals surface area contributed by atoms with Crippen LogP contribution in [0.2, 0.25) is 0 Å². The van der Waals surface area contributed by atoms with Gasteiger partial charge in [0.2, 0.25) is 0 Å². The van der Waals surface area contributed by atoms with Gasteiger partial charge in [-0.15, -0.1) is 0 Å². The van der Waals surface area contributed by atoms with E-state index in [-0.39, 0.29) is 32.4 Å². The molecule has 0 N–H and O–H groups in total. The number of benzene rings is 2. The average Bonchev–Trinajstić information content (AvgIpc) is 2.75. The molecular weight excluding hydrogens is 401 g/mol. The Morgan fingerprint density at radius 1 is 0.867 bits per heavy atom. The summed E-state index contributed by atoms with van der Waals surface area (Å²) >= 11 is 0. The van der Waals surface area contributed by atoms with Gasteiger partial charge in [-0.05, 0) is 27.2 Å². The molecule has 2 aromatic rings. The van der Waals surface area contributed by atoms with Crippen molar-refractivity contribution in [2.24, 2.45) is 4.99 Å². The Balaban J connectivity index is 2.41. The van der Waals surface area contributed by atoms with Gasteiger partial charge in [-0.25, -0.2) is 4.79 Å². The van der Waals surface area contributed by atoms with E-state index < -0.39 is 19.6 Å². The van der Waals surface area contributed by atoms with Crippen molar-refractivity contribution < 1.29 is 23.1 Å². The third kappa shape index (κ3) is 7.21. The molecule has 0 fully saturated rings. The molecule has 0 aliphatic rings. The van der Waals surface area contributed by atoms with Gasteiger partial charge in [0.1, 0.15) is 6.04 Å². The maximum atomic E-state index is 12.9. The normalized spacial score (nSPS) is 12.2. The fourth-order valence-electron chi connectivity index (χ4n) is 2.98. The van der Waals surface area contributed by atoms with Crippen LogP contribution in [0.3, 0.4) is 0 Å². The zero-order valence-corrected chi connectivity index (χ0v) is 18.7. The molecule has 0 aliphatic carbocycles. The quantitative estimate of drug-likeness (QED) is 0.265. The molecule has 30 heavy (non-hydrogen) atoms. The summed E-state index contributed by atoms with van der Waals surface area (Å²) in [5, 5.41) is 0. The Kier molecular flexibility index (Phi) is 9.95. The number of nitrogens with zero attached hydrogens (tertiary/aromatic N) is 1. The predicted molar refractivity (Wildman–Crippen MR) is 119 cm³/mol. The largest absolute Gasteiger partial charge is 0.464 e. The second-order valence-corrected chi connectivity index (χ2v) is 8.62. The topological polar surface area (TPSA) is 74.2 Å². The summed E-state index contributed by atoms with van der Waals surface area (Å²) < 4.78 is 28.9. The number of esters is 1. The molecule has 162 valence electrons. The van der Waals surface area contributed by atoms with Crippen LogP contribution < -0.4 is 0 Å². The van der Waals surface area contributed by atoms with Gasteiger partial charge in [0.05, 0.1) is 31.7 Å². The zero-order valence-electron chi connectivity index (χ0n) is 17.8. The lowest BCUT2D eigenvalue weighted by Gasteiger charge is -2.19. The lowest BCUT2D eigenvalue weighted by atomic mass is 10.0. The minimum Gasteiger partial charge on any atom is -0.464 e. The summed E-state index contributed by atoms with van der Waals surface area (Å²) in [6.07, 6.45) is 0.276. The molecule has 0 heterocycles. The highest BCUT2D eigenvalue weighted by atomic mass is 31.2. The van der Waals surface area contributed by atoms with Gasteiger partial charge in [-0.3, -0.25) is 9.56 Å². The molecule has 0 radical (unpaired) electrons. The van der Waals surface area contributed by atoms with Gasteiger partial charge in [0.15, 0.2) is 0 Å². The Labute approximate surface area is 178 Å². The molecule has 2 aromatic carbocycles. The van der Waals surface area contributed by atoms with Crippen molar-refractivity contribution in [2.75, 3.05) is 26.0 Å². The fraction of sp³-hybridized carbons (Fsp3) is 0.391. The average molecular weight is 431 g/mol. The van der Waals surface area contributed by atoms with Gasteiger partial charge in [-0.2, -0.15) is 0 Å². The van der Waals surface area contributed by atoms with E-state index in [1.807, 2.05) is 60.7 Å². The van der Waals surface area contributed by atoms with Crippen LogP contribution in [0.1, 0.15) is 38.3 Å². The van der Waals surface area contributed by atoms with Crippen LogP contribution in [0, 0.1) is 0 Å². The molecule has 1 atom stereocenters. The number of hydrogen-bond acceptors (Lipinski definition) is 6. The van der Waals surface area contributed by atoms with E-state index in [0.717, 1.165) is 11.1 Å². The maximum absolute atomic E-state index is 12.9. The third-order valence-corrected chi connectivity index (χ3v) is 6.38. The van der Waals surface area contributed by atoms with E-state index in [2.05, 4.69) is 0 Å². The standard InChI is InChI=1S/C23H30NO5P/c1-4-27-23(25)21(17-18-30(26,28-5-2)29-6-3)24-22(19-13-9-7-10-14-19)20-15-11-8-12-16-20/h7-16,21H,4-6,17-18H2,1-3H3. The molecular formula is C23H30NO5P. The van der Waals surface area contributed by atoms with Gasteiger partial charge in [0.25, 0.3) is 0 Å². The Bertz CT molecular complexity index is 803. The molecule has 0 saturated heterocycles. The first kappa shape index (κ1) is 24.0. The van der Waals surface area contributed by atoms with Crippen molar-refractivity contribution in [1.29, 1.82) is 0 Å². The number of rotatable bonds is 12. The highest BCUT2D eigenvalue weighted by Gasteiger charge is 2.29. The first-order valence-corrected chi connectivity index (χ1v) is 12.0. The summed E-state index contributed by atoms with van der Waals surface area (Å²) in [7, 11) is -3.30. The highest BCUT2D eigenvalue weighted by Crippen LogP contribution is 2.48. The van der Waals surface area contributed by atoms with Crippen LogP contribution >= 0.6 is 7.60 Å². The monoisotopic (exact) mass is 431 g/mol. The molecule has 1 unspecified atom stereocenters. The Hall–Kier alpha value is -2.27. The van der Waals surface area contributed by atoms with Crippen LogP contribution in [0.5, 0.6) is 0 Å². The number of carbonyl (C=O) groups excluding carboxylic acids is 1. The van der Waals surface area contributed by atoms with E-state index >= 15 is 0 Å². The van der Waals surface area contributed by atoms with E-state index in [9.17, 15) is 9.36 Å². The molecule has 6 nitrogen and oxygen atoms in total. The number of aliphatic imine (C=N–C) groups is 1. The minimum absolute atomic E-state index is 0.0819. The van der Waals surface area contributed by atoms with Crippen LogP contribution in [-0.4, -0.2) is 43.7 Å². The number of carbonyl (C=O) groups is 1. The SMILES string of the molecule is CCOC(=O)C(CCP(=O)(OCC)OCC)N=C(c1ccccc1)c1ccccc1. The fourth-order valence-corrected chi connectivity index (χ4v) is 4.66. The first-order chi connectivity index (χ1) is 14.5. The molecule has 0 aliphatic heterocycles. The molecule has 0 amide bonds. The summed E-state index contributed by atoms with van der Waals surface area (Å²) in [5.41, 5.74) is 2.45. The molecule has 0 spiro atoms. The van der Waals surface area contributed by atoms with Gasteiger partial charge >= 0.3 is 13.6 Å². The maximum Gasteiger partial charge on any atom is 0.330 e. The number of ether oxygens (including phenoxy) is 1. The first-order valence-electron chi connectivity index (χ1n) is 10.3. The lowest BCUT2D eigenvalue weighted by Crippen LogP contribution is -2.25. The molecule has 0 bridgehead atoms. The van der Waals surface area contributed by atoms with Gasteiger partial charge < -0.3 is 13.8 Å². The van der Waals surface area contributed by atoms with E-state index in [1.54, 1.807) is 20.8 Å². The second kappa shape index (κ2) is 12.4. The summed E-state index contributed by atoms with van der Waals surface area (Å²) in [6, 6.07) is 18.5. The Morgan fingerprint density at radius 2 is 1.37 bits per heavy atom. The minimum atomic E-state index is -3.30. The molecule has 0 saturated carbocycles. The van der Waals surface area contributed by atoms with Crippen molar-refractivity contribution in [3.05, 3.63) is 71.8 Å². The second-order valence-electron chi connectivity index (χ2n) is 6.44. The van der Waals surface area contributed by atoms with Crippen LogP contribution in [0.4, 0.5) is 0 Å². The number of hydrogen-bond donors (Lipinski definition) is 0. The van der Waals surface area contributed by atoms with Gasteiger partial charge in [0, 0.05) is 11.1 Å². The zero-order chi connectivity index (χ0) is 21.8. The predicted octanol–water partition coefficient (Wildman–Crippen LogP) is 5.11. The third-order valence-electron chi connectivity index (χ3n) is 4.27. The lowest BCUT2D eigenvalue weighted by molar-refractivity contribution is -0.144.